The SMILES string of the molecule is COc1cc(C)cc(C)c1-c1cccc2c(N(CC3CC3)C3CCCOC3)c(OC)nn12. The van der Waals surface area contributed by atoms with Crippen LogP contribution in [0, 0.1) is 19.8 Å². The molecule has 1 saturated carbocycles. The van der Waals surface area contributed by atoms with Gasteiger partial charge in [-0.3, -0.25) is 0 Å². The van der Waals surface area contributed by atoms with Crippen LogP contribution in [0.1, 0.15) is 36.8 Å². The molecular formula is C26H33N3O3. The van der Waals surface area contributed by atoms with Crippen molar-refractivity contribution in [2.75, 3.05) is 38.9 Å². The second-order valence-electron chi connectivity index (χ2n) is 9.19. The largest absolute Gasteiger partial charge is 0.496 e. The molecule has 2 aromatic heterocycles. The van der Waals surface area contributed by atoms with Crippen LogP contribution >= 0.6 is 0 Å². The molecule has 1 saturated heterocycles. The zero-order chi connectivity index (χ0) is 22.2. The number of aryl methyl sites for hydroxylation is 2. The zero-order valence-corrected chi connectivity index (χ0v) is 19.6. The highest BCUT2D eigenvalue weighted by Crippen LogP contribution is 2.42. The topological polar surface area (TPSA) is 48.2 Å². The summed E-state index contributed by atoms with van der Waals surface area (Å²) in [7, 11) is 3.45. The lowest BCUT2D eigenvalue weighted by Gasteiger charge is -2.35. The van der Waals surface area contributed by atoms with Crippen molar-refractivity contribution >= 4 is 11.2 Å². The average molecular weight is 436 g/mol. The number of benzene rings is 1. The van der Waals surface area contributed by atoms with Crippen LogP contribution in [-0.2, 0) is 4.74 Å². The molecule has 170 valence electrons. The van der Waals surface area contributed by atoms with E-state index in [0.717, 1.165) is 66.7 Å². The van der Waals surface area contributed by atoms with Gasteiger partial charge in [0.2, 0.25) is 0 Å². The Kier molecular flexibility index (Phi) is 5.72. The maximum absolute atomic E-state index is 5.87. The summed E-state index contributed by atoms with van der Waals surface area (Å²) in [6.07, 6.45) is 4.84. The number of hydrogen-bond donors (Lipinski definition) is 0. The van der Waals surface area contributed by atoms with Crippen LogP contribution in [0.15, 0.2) is 30.3 Å². The van der Waals surface area contributed by atoms with Gasteiger partial charge in [0.15, 0.2) is 0 Å². The summed E-state index contributed by atoms with van der Waals surface area (Å²) in [5, 5.41) is 4.95. The number of anilines is 1. The molecule has 5 rings (SSSR count). The molecule has 3 aromatic rings. The summed E-state index contributed by atoms with van der Waals surface area (Å²) in [6.45, 7) is 6.87. The summed E-state index contributed by atoms with van der Waals surface area (Å²) in [4.78, 5) is 2.51. The van der Waals surface area contributed by atoms with Crippen molar-refractivity contribution < 1.29 is 14.2 Å². The minimum atomic E-state index is 0.352. The Bertz CT molecular complexity index is 1110. The second-order valence-corrected chi connectivity index (χ2v) is 9.19. The molecule has 6 nitrogen and oxygen atoms in total. The first-order valence-corrected chi connectivity index (χ1v) is 11.7. The van der Waals surface area contributed by atoms with Gasteiger partial charge in [0, 0.05) is 18.7 Å². The molecule has 0 spiro atoms. The smallest absolute Gasteiger partial charge is 0.257 e. The van der Waals surface area contributed by atoms with Crippen LogP contribution in [0.25, 0.3) is 16.8 Å². The normalized spacial score (nSPS) is 18.7. The molecular weight excluding hydrogens is 402 g/mol. The van der Waals surface area contributed by atoms with Gasteiger partial charge < -0.3 is 19.1 Å². The first kappa shape index (κ1) is 21.1. The Morgan fingerprint density at radius 1 is 1.12 bits per heavy atom. The van der Waals surface area contributed by atoms with Gasteiger partial charge in [0.05, 0.1) is 38.1 Å². The van der Waals surface area contributed by atoms with E-state index in [2.05, 4.69) is 49.1 Å². The molecule has 1 unspecified atom stereocenters. The van der Waals surface area contributed by atoms with Crippen molar-refractivity contribution in [1.82, 2.24) is 9.61 Å². The molecule has 0 bridgehead atoms. The Balaban J connectivity index is 1.69. The number of hydrogen-bond acceptors (Lipinski definition) is 5. The van der Waals surface area contributed by atoms with Gasteiger partial charge in [-0.05, 0) is 74.8 Å². The predicted molar refractivity (Wildman–Crippen MR) is 127 cm³/mol. The number of aromatic nitrogens is 2. The van der Waals surface area contributed by atoms with Gasteiger partial charge in [-0.1, -0.05) is 12.1 Å². The summed E-state index contributed by atoms with van der Waals surface area (Å²) in [5.41, 5.74) is 6.57. The Hall–Kier alpha value is -2.73. The lowest BCUT2D eigenvalue weighted by molar-refractivity contribution is 0.0789. The minimum Gasteiger partial charge on any atom is -0.496 e. The molecule has 6 heteroatoms. The number of rotatable bonds is 7. The molecule has 0 radical (unpaired) electrons. The standard InChI is InChI=1S/C26H33N3O3/c1-17-13-18(2)24(23(14-17)30-3)21-8-5-9-22-25(26(31-4)27-29(21)22)28(15-19-10-11-19)20-7-6-12-32-16-20/h5,8-9,13-14,19-20H,6-7,10-12,15-16H2,1-4H3. The molecule has 1 aliphatic heterocycles. The van der Waals surface area contributed by atoms with Crippen LogP contribution in [0.5, 0.6) is 11.6 Å². The Morgan fingerprint density at radius 3 is 2.66 bits per heavy atom. The first-order valence-electron chi connectivity index (χ1n) is 11.7. The van der Waals surface area contributed by atoms with Crippen molar-refractivity contribution in [2.24, 2.45) is 5.92 Å². The number of nitrogens with zero attached hydrogens (tertiary/aromatic N) is 3. The van der Waals surface area contributed by atoms with E-state index in [4.69, 9.17) is 19.3 Å². The van der Waals surface area contributed by atoms with E-state index >= 15 is 0 Å². The van der Waals surface area contributed by atoms with Crippen LogP contribution in [-0.4, -0.2) is 49.6 Å². The lowest BCUT2D eigenvalue weighted by atomic mass is 10.0. The monoisotopic (exact) mass is 435 g/mol. The lowest BCUT2D eigenvalue weighted by Crippen LogP contribution is -2.42. The number of fused-ring (bicyclic) bond motifs is 1. The average Bonchev–Trinajstić information content (AvgIpc) is 3.55. The predicted octanol–water partition coefficient (Wildman–Crippen LogP) is 5.03. The summed E-state index contributed by atoms with van der Waals surface area (Å²) in [5.74, 6) is 2.29. The maximum atomic E-state index is 5.87. The van der Waals surface area contributed by atoms with Crippen molar-refractivity contribution in [1.29, 1.82) is 0 Å². The third kappa shape index (κ3) is 3.81. The highest BCUT2D eigenvalue weighted by atomic mass is 16.5. The highest BCUT2D eigenvalue weighted by molar-refractivity contribution is 5.83. The fourth-order valence-electron chi connectivity index (χ4n) is 5.02. The first-order chi connectivity index (χ1) is 15.6. The van der Waals surface area contributed by atoms with E-state index < -0.39 is 0 Å². The van der Waals surface area contributed by atoms with Gasteiger partial charge in [-0.25, -0.2) is 4.52 Å². The highest BCUT2D eigenvalue weighted by Gasteiger charge is 2.33. The molecule has 1 aromatic carbocycles. The Morgan fingerprint density at radius 2 is 1.97 bits per heavy atom. The van der Waals surface area contributed by atoms with Crippen molar-refractivity contribution in [3.05, 3.63) is 41.5 Å². The summed E-state index contributed by atoms with van der Waals surface area (Å²) in [6, 6.07) is 11.0. The Labute approximate surface area is 190 Å². The minimum absolute atomic E-state index is 0.352. The molecule has 1 aliphatic carbocycles. The van der Waals surface area contributed by atoms with Gasteiger partial charge in [0.1, 0.15) is 11.4 Å². The third-order valence-corrected chi connectivity index (χ3v) is 6.73. The fraction of sp³-hybridized carbons (Fsp3) is 0.500. The van der Waals surface area contributed by atoms with E-state index in [1.807, 2.05) is 4.52 Å². The molecule has 2 fully saturated rings. The van der Waals surface area contributed by atoms with Gasteiger partial charge in [0.25, 0.3) is 5.88 Å². The van der Waals surface area contributed by atoms with Gasteiger partial charge >= 0.3 is 0 Å². The van der Waals surface area contributed by atoms with E-state index in [1.54, 1.807) is 14.2 Å². The fourth-order valence-corrected chi connectivity index (χ4v) is 5.02. The maximum Gasteiger partial charge on any atom is 0.257 e. The van der Waals surface area contributed by atoms with Crippen LogP contribution in [0.2, 0.25) is 0 Å². The number of methoxy groups -OCH3 is 2. The molecule has 1 atom stereocenters. The van der Waals surface area contributed by atoms with Crippen LogP contribution in [0.3, 0.4) is 0 Å². The second kappa shape index (κ2) is 8.66. The molecule has 0 amide bonds. The van der Waals surface area contributed by atoms with E-state index in [-0.39, 0.29) is 0 Å². The quantitative estimate of drug-likeness (QED) is 0.521. The third-order valence-electron chi connectivity index (χ3n) is 6.73. The number of pyridine rings is 1. The van der Waals surface area contributed by atoms with E-state index in [1.165, 1.54) is 24.0 Å². The summed E-state index contributed by atoms with van der Waals surface area (Å²) >= 11 is 0. The van der Waals surface area contributed by atoms with Crippen LogP contribution < -0.4 is 14.4 Å². The zero-order valence-electron chi connectivity index (χ0n) is 19.6. The van der Waals surface area contributed by atoms with Crippen LogP contribution in [0.4, 0.5) is 5.69 Å². The van der Waals surface area contributed by atoms with Gasteiger partial charge in [-0.15, -0.1) is 5.10 Å². The molecule has 2 aliphatic rings. The molecule has 0 N–H and O–H groups in total. The van der Waals surface area contributed by atoms with Gasteiger partial charge in [-0.2, -0.15) is 0 Å². The molecule has 32 heavy (non-hydrogen) atoms. The van der Waals surface area contributed by atoms with Crippen molar-refractivity contribution in [2.45, 2.75) is 45.6 Å². The number of ether oxygens (including phenoxy) is 3. The summed E-state index contributed by atoms with van der Waals surface area (Å²) < 4.78 is 19.5. The van der Waals surface area contributed by atoms with Crippen molar-refractivity contribution in [3.8, 4) is 22.9 Å². The molecule has 3 heterocycles. The van der Waals surface area contributed by atoms with E-state index in [9.17, 15) is 0 Å². The van der Waals surface area contributed by atoms with Crippen molar-refractivity contribution in [3.63, 3.8) is 0 Å². The van der Waals surface area contributed by atoms with E-state index in [0.29, 0.717) is 11.9 Å².